The number of benzene rings is 1. The maximum absolute atomic E-state index is 12.6. The van der Waals surface area contributed by atoms with Gasteiger partial charge in [0, 0.05) is 35.7 Å². The molecule has 124 valence electrons. The second kappa shape index (κ2) is 6.73. The van der Waals surface area contributed by atoms with E-state index >= 15 is 0 Å². The lowest BCUT2D eigenvalue weighted by Crippen LogP contribution is -2.16. The van der Waals surface area contributed by atoms with E-state index in [1.54, 1.807) is 14.0 Å². The Kier molecular flexibility index (Phi) is 5.12. The second-order valence-electron chi connectivity index (χ2n) is 5.05. The molecule has 2 rings (SSSR count). The standard InChI is InChI=1S/C14H16N2O5S2/c1-8-10(12(17)11-6-16(2)15-14(11)18)5-4-9(7-23(20)21)13(8)22(3)19/h4-6H,7H2,1-3H3,(H,15,18)(H,20,21)/p-1. The van der Waals surface area contributed by atoms with E-state index in [0.717, 1.165) is 0 Å². The number of aromatic amines is 1. The lowest BCUT2D eigenvalue weighted by Gasteiger charge is -2.14. The number of ketones is 1. The van der Waals surface area contributed by atoms with Crippen LogP contribution < -0.4 is 5.56 Å². The molecule has 1 heterocycles. The number of rotatable bonds is 5. The van der Waals surface area contributed by atoms with Crippen molar-refractivity contribution in [1.29, 1.82) is 0 Å². The first-order valence-electron chi connectivity index (χ1n) is 6.54. The van der Waals surface area contributed by atoms with Gasteiger partial charge in [0.25, 0.3) is 5.56 Å². The summed E-state index contributed by atoms with van der Waals surface area (Å²) in [6.07, 6.45) is 2.80. The van der Waals surface area contributed by atoms with Crippen molar-refractivity contribution in [2.45, 2.75) is 17.6 Å². The van der Waals surface area contributed by atoms with Crippen molar-refractivity contribution >= 4 is 27.7 Å². The highest BCUT2D eigenvalue weighted by atomic mass is 32.2. The molecule has 0 aliphatic rings. The molecular formula is C14H15N2O5S2-. The number of hydrogen-bond donors (Lipinski definition) is 1. The molecule has 0 aliphatic carbocycles. The number of aromatic nitrogens is 2. The maximum Gasteiger partial charge on any atom is 0.275 e. The van der Waals surface area contributed by atoms with Crippen LogP contribution in [0.5, 0.6) is 0 Å². The van der Waals surface area contributed by atoms with Crippen molar-refractivity contribution in [3.8, 4) is 0 Å². The lowest BCUT2D eigenvalue weighted by atomic mass is 9.99. The van der Waals surface area contributed by atoms with E-state index in [1.807, 2.05) is 0 Å². The molecule has 1 aromatic heterocycles. The van der Waals surface area contributed by atoms with Crippen LogP contribution in [0.3, 0.4) is 0 Å². The minimum Gasteiger partial charge on any atom is -0.772 e. The van der Waals surface area contributed by atoms with Gasteiger partial charge in [-0.15, -0.1) is 0 Å². The molecule has 0 saturated heterocycles. The molecule has 0 aliphatic heterocycles. The van der Waals surface area contributed by atoms with Crippen LogP contribution in [0, 0.1) is 6.92 Å². The molecule has 0 saturated carbocycles. The lowest BCUT2D eigenvalue weighted by molar-refractivity contribution is 0.103. The van der Waals surface area contributed by atoms with Crippen LogP contribution in [0.15, 0.2) is 28.0 Å². The molecule has 7 nitrogen and oxygen atoms in total. The maximum atomic E-state index is 12.6. The number of H-pyrrole nitrogens is 1. The number of carbonyl (C=O) groups excluding carboxylic acids is 1. The summed E-state index contributed by atoms with van der Waals surface area (Å²) in [6.45, 7) is 1.60. The highest BCUT2D eigenvalue weighted by Crippen LogP contribution is 2.24. The van der Waals surface area contributed by atoms with E-state index in [-0.39, 0.29) is 16.9 Å². The zero-order chi connectivity index (χ0) is 17.3. The van der Waals surface area contributed by atoms with Crippen LogP contribution in [0.2, 0.25) is 0 Å². The van der Waals surface area contributed by atoms with Crippen LogP contribution in [-0.2, 0) is 34.7 Å². The van der Waals surface area contributed by atoms with Crippen molar-refractivity contribution in [1.82, 2.24) is 9.78 Å². The zero-order valence-corrected chi connectivity index (χ0v) is 14.4. The molecule has 0 radical (unpaired) electrons. The largest absolute Gasteiger partial charge is 0.772 e. The SMILES string of the molecule is Cc1c(C(=O)c2cn(C)[nH]c2=O)ccc(CS(=O)[O-])c1S(C)=O. The van der Waals surface area contributed by atoms with E-state index in [4.69, 9.17) is 0 Å². The number of carbonyl (C=O) groups is 1. The van der Waals surface area contributed by atoms with Gasteiger partial charge in [-0.1, -0.05) is 23.2 Å². The molecular weight excluding hydrogens is 340 g/mol. The van der Waals surface area contributed by atoms with Gasteiger partial charge in [0.05, 0.1) is 10.8 Å². The van der Waals surface area contributed by atoms with Gasteiger partial charge in [-0.2, -0.15) is 0 Å². The molecule has 9 heteroatoms. The van der Waals surface area contributed by atoms with E-state index in [1.165, 1.54) is 29.3 Å². The van der Waals surface area contributed by atoms with Crippen molar-refractivity contribution < 1.29 is 17.8 Å². The van der Waals surface area contributed by atoms with E-state index in [2.05, 4.69) is 5.10 Å². The smallest absolute Gasteiger partial charge is 0.275 e. The van der Waals surface area contributed by atoms with E-state index < -0.39 is 33.2 Å². The molecule has 0 fully saturated rings. The van der Waals surface area contributed by atoms with Crippen molar-refractivity contribution in [2.24, 2.45) is 7.05 Å². The Hall–Kier alpha value is -1.84. The Morgan fingerprint density at radius 1 is 1.30 bits per heavy atom. The number of aryl methyl sites for hydroxylation is 1. The Balaban J connectivity index is 2.61. The first kappa shape index (κ1) is 17.5. The predicted molar refractivity (Wildman–Crippen MR) is 85.6 cm³/mol. The van der Waals surface area contributed by atoms with Crippen molar-refractivity contribution in [3.05, 3.63) is 50.9 Å². The zero-order valence-electron chi connectivity index (χ0n) is 12.7. The van der Waals surface area contributed by atoms with Gasteiger partial charge >= 0.3 is 0 Å². The molecule has 1 aromatic carbocycles. The molecule has 2 aromatic rings. The van der Waals surface area contributed by atoms with Gasteiger partial charge in [0.15, 0.2) is 5.78 Å². The summed E-state index contributed by atoms with van der Waals surface area (Å²) in [6, 6.07) is 2.92. The highest BCUT2D eigenvalue weighted by molar-refractivity contribution is 7.84. The fourth-order valence-corrected chi connectivity index (χ4v) is 4.08. The van der Waals surface area contributed by atoms with Gasteiger partial charge in [0.2, 0.25) is 0 Å². The number of hydrogen-bond acceptors (Lipinski definition) is 5. The van der Waals surface area contributed by atoms with Crippen molar-refractivity contribution in [2.75, 3.05) is 6.26 Å². The third-order valence-corrected chi connectivity index (χ3v) is 5.07. The fraction of sp³-hybridized carbons (Fsp3) is 0.286. The molecule has 2 atom stereocenters. The van der Waals surface area contributed by atoms with Crippen LogP contribution in [-0.4, -0.2) is 34.8 Å². The quantitative estimate of drug-likeness (QED) is 0.615. The normalized spacial score (nSPS) is 13.7. The van der Waals surface area contributed by atoms with Crippen LogP contribution in [0.4, 0.5) is 0 Å². The van der Waals surface area contributed by atoms with Crippen LogP contribution in [0.25, 0.3) is 0 Å². The minimum absolute atomic E-state index is 0.0245. The first-order valence-corrected chi connectivity index (χ1v) is 9.34. The summed E-state index contributed by atoms with van der Waals surface area (Å²) in [5, 5.41) is 2.45. The molecule has 0 spiro atoms. The molecule has 23 heavy (non-hydrogen) atoms. The van der Waals surface area contributed by atoms with Gasteiger partial charge < -0.3 is 4.55 Å². The minimum atomic E-state index is -2.33. The number of nitrogens with zero attached hydrogens (tertiary/aromatic N) is 1. The number of nitrogens with one attached hydrogen (secondary N) is 1. The highest BCUT2D eigenvalue weighted by Gasteiger charge is 2.21. The van der Waals surface area contributed by atoms with Gasteiger partial charge in [-0.3, -0.25) is 27.8 Å². The Labute approximate surface area is 137 Å². The summed E-state index contributed by atoms with van der Waals surface area (Å²) >= 11 is -2.33. The van der Waals surface area contributed by atoms with Crippen LogP contribution >= 0.6 is 0 Å². The molecule has 1 N–H and O–H groups in total. The predicted octanol–water partition coefficient (Wildman–Crippen LogP) is 0.369. The van der Waals surface area contributed by atoms with Gasteiger partial charge in [0.1, 0.15) is 5.56 Å². The van der Waals surface area contributed by atoms with E-state index in [0.29, 0.717) is 16.0 Å². The molecule has 0 bridgehead atoms. The van der Waals surface area contributed by atoms with Crippen molar-refractivity contribution in [3.63, 3.8) is 0 Å². The monoisotopic (exact) mass is 355 g/mol. The Morgan fingerprint density at radius 3 is 2.43 bits per heavy atom. The summed E-state index contributed by atoms with van der Waals surface area (Å²) in [5.74, 6) is -0.776. The van der Waals surface area contributed by atoms with E-state index in [9.17, 15) is 22.6 Å². The molecule has 0 amide bonds. The average molecular weight is 355 g/mol. The third kappa shape index (κ3) is 3.57. The Bertz CT molecular complexity index is 882. The summed E-state index contributed by atoms with van der Waals surface area (Å²) < 4.78 is 35.2. The summed E-state index contributed by atoms with van der Waals surface area (Å²) in [4.78, 5) is 24.6. The topological polar surface area (TPSA) is 112 Å². The van der Waals surface area contributed by atoms with Gasteiger partial charge in [-0.05, 0) is 18.1 Å². The molecule has 2 unspecified atom stereocenters. The fourth-order valence-electron chi connectivity index (χ4n) is 2.45. The average Bonchev–Trinajstić information content (AvgIpc) is 2.76. The second-order valence-corrected chi connectivity index (χ2v) is 7.26. The summed E-state index contributed by atoms with van der Waals surface area (Å²) in [7, 11) is 0.119. The summed E-state index contributed by atoms with van der Waals surface area (Å²) in [5.41, 5.74) is 0.494. The first-order chi connectivity index (χ1) is 10.7. The van der Waals surface area contributed by atoms with Crippen LogP contribution in [0.1, 0.15) is 27.0 Å². The Morgan fingerprint density at radius 2 is 1.96 bits per heavy atom. The third-order valence-electron chi connectivity index (χ3n) is 3.38. The van der Waals surface area contributed by atoms with Gasteiger partial charge in [-0.25, -0.2) is 0 Å².